The van der Waals surface area contributed by atoms with E-state index in [1.807, 2.05) is 24.3 Å². The van der Waals surface area contributed by atoms with E-state index in [9.17, 15) is 9.59 Å². The van der Waals surface area contributed by atoms with Gasteiger partial charge in [0, 0.05) is 24.8 Å². The molecule has 0 saturated carbocycles. The van der Waals surface area contributed by atoms with Gasteiger partial charge in [0.05, 0.1) is 11.5 Å². The average Bonchev–Trinajstić information content (AvgIpc) is 3.03. The number of hydrogen-bond donors (Lipinski definition) is 2. The number of rotatable bonds is 5. The molecule has 2 aromatic rings. The SMILES string of the molecule is NC(=O)C1CCCN(Cc2ccccc2NC(=O)c2coc(Br)c2)C1. The van der Waals surface area contributed by atoms with E-state index in [1.165, 1.54) is 6.26 Å². The van der Waals surface area contributed by atoms with Crippen molar-refractivity contribution in [2.45, 2.75) is 19.4 Å². The van der Waals surface area contributed by atoms with Crippen LogP contribution >= 0.6 is 15.9 Å². The van der Waals surface area contributed by atoms with Crippen LogP contribution < -0.4 is 11.1 Å². The van der Waals surface area contributed by atoms with Gasteiger partial charge in [-0.1, -0.05) is 18.2 Å². The van der Waals surface area contributed by atoms with Gasteiger partial charge in [-0.2, -0.15) is 0 Å². The zero-order valence-corrected chi connectivity index (χ0v) is 15.3. The molecule has 7 heteroatoms. The molecular weight excluding hydrogens is 386 g/mol. The second kappa shape index (κ2) is 7.84. The summed E-state index contributed by atoms with van der Waals surface area (Å²) in [5, 5.41) is 2.93. The van der Waals surface area contributed by atoms with E-state index < -0.39 is 0 Å². The monoisotopic (exact) mass is 405 g/mol. The standard InChI is InChI=1S/C18H20BrN3O3/c19-16-8-14(11-25-16)18(24)21-15-6-2-1-4-12(15)9-22-7-3-5-13(10-22)17(20)23/h1-2,4,6,8,11,13H,3,5,7,9-10H2,(H2,20,23)(H,21,24). The lowest BCUT2D eigenvalue weighted by Crippen LogP contribution is -2.40. The lowest BCUT2D eigenvalue weighted by molar-refractivity contribution is -0.123. The summed E-state index contributed by atoms with van der Waals surface area (Å²) >= 11 is 3.19. The molecule has 0 aliphatic carbocycles. The average molecular weight is 406 g/mol. The number of primary amides is 1. The Kier molecular flexibility index (Phi) is 5.55. The van der Waals surface area contributed by atoms with Crippen LogP contribution in [0.2, 0.25) is 0 Å². The minimum atomic E-state index is -0.239. The van der Waals surface area contributed by atoms with Crippen molar-refractivity contribution in [3.8, 4) is 0 Å². The number of halogens is 1. The van der Waals surface area contributed by atoms with Crippen LogP contribution in [0.25, 0.3) is 0 Å². The van der Waals surface area contributed by atoms with Crippen LogP contribution in [0.5, 0.6) is 0 Å². The van der Waals surface area contributed by atoms with Crippen LogP contribution in [-0.2, 0) is 11.3 Å². The molecule has 1 atom stereocenters. The lowest BCUT2D eigenvalue weighted by atomic mass is 9.97. The highest BCUT2D eigenvalue weighted by molar-refractivity contribution is 9.10. The van der Waals surface area contributed by atoms with E-state index in [0.29, 0.717) is 23.3 Å². The third-order valence-electron chi connectivity index (χ3n) is 4.40. The number of nitrogens with zero attached hydrogens (tertiary/aromatic N) is 1. The molecule has 0 radical (unpaired) electrons. The number of hydrogen-bond acceptors (Lipinski definition) is 4. The maximum absolute atomic E-state index is 12.3. The fourth-order valence-corrected chi connectivity index (χ4v) is 3.42. The number of likely N-dealkylation sites (tertiary alicyclic amines) is 1. The van der Waals surface area contributed by atoms with Crippen LogP contribution in [0, 0.1) is 5.92 Å². The van der Waals surface area contributed by atoms with Gasteiger partial charge in [-0.3, -0.25) is 14.5 Å². The summed E-state index contributed by atoms with van der Waals surface area (Å²) in [5.41, 5.74) is 7.66. The summed E-state index contributed by atoms with van der Waals surface area (Å²) in [7, 11) is 0. The molecule has 2 heterocycles. The van der Waals surface area contributed by atoms with Gasteiger partial charge in [0.25, 0.3) is 5.91 Å². The summed E-state index contributed by atoms with van der Waals surface area (Å²) in [6, 6.07) is 9.30. The number of nitrogens with two attached hydrogens (primary N) is 1. The van der Waals surface area contributed by atoms with Crippen molar-refractivity contribution in [2.24, 2.45) is 11.7 Å². The first-order valence-electron chi connectivity index (χ1n) is 8.18. The molecule has 0 bridgehead atoms. The smallest absolute Gasteiger partial charge is 0.258 e. The highest BCUT2D eigenvalue weighted by atomic mass is 79.9. The van der Waals surface area contributed by atoms with Gasteiger partial charge in [0.1, 0.15) is 6.26 Å². The fraction of sp³-hybridized carbons (Fsp3) is 0.333. The van der Waals surface area contributed by atoms with Crippen molar-refractivity contribution >= 4 is 33.4 Å². The number of piperidine rings is 1. The molecule has 132 valence electrons. The van der Waals surface area contributed by atoms with Gasteiger partial charge in [0.2, 0.25) is 5.91 Å². The normalized spacial score (nSPS) is 18.0. The molecule has 2 amide bonds. The third kappa shape index (κ3) is 4.49. The van der Waals surface area contributed by atoms with Gasteiger partial charge >= 0.3 is 0 Å². The second-order valence-electron chi connectivity index (χ2n) is 6.23. The van der Waals surface area contributed by atoms with Crippen LogP contribution in [0.15, 0.2) is 45.7 Å². The number of anilines is 1. The van der Waals surface area contributed by atoms with Crippen molar-refractivity contribution in [3.63, 3.8) is 0 Å². The maximum Gasteiger partial charge on any atom is 0.258 e. The van der Waals surface area contributed by atoms with Gasteiger partial charge in [0.15, 0.2) is 4.67 Å². The first-order chi connectivity index (χ1) is 12.0. The largest absolute Gasteiger partial charge is 0.457 e. The first kappa shape index (κ1) is 17.7. The summed E-state index contributed by atoms with van der Waals surface area (Å²) < 4.78 is 5.62. The van der Waals surface area contributed by atoms with Crippen molar-refractivity contribution in [3.05, 3.63) is 52.4 Å². The molecule has 6 nitrogen and oxygen atoms in total. The van der Waals surface area contributed by atoms with Crippen LogP contribution in [-0.4, -0.2) is 29.8 Å². The Morgan fingerprint density at radius 3 is 2.88 bits per heavy atom. The van der Waals surface area contributed by atoms with Gasteiger partial charge in [-0.15, -0.1) is 0 Å². The predicted octanol–water partition coefficient (Wildman–Crippen LogP) is 2.99. The Morgan fingerprint density at radius 1 is 1.36 bits per heavy atom. The lowest BCUT2D eigenvalue weighted by Gasteiger charge is -2.31. The molecule has 1 saturated heterocycles. The van der Waals surface area contributed by atoms with Gasteiger partial charge in [-0.25, -0.2) is 0 Å². The molecular formula is C18H20BrN3O3. The van der Waals surface area contributed by atoms with E-state index in [-0.39, 0.29) is 17.7 Å². The number of carbonyl (C=O) groups excluding carboxylic acids is 2. The fourth-order valence-electron chi connectivity index (χ4n) is 3.08. The summed E-state index contributed by atoms with van der Waals surface area (Å²) in [6.07, 6.45) is 3.20. The Morgan fingerprint density at radius 2 is 2.16 bits per heavy atom. The molecule has 25 heavy (non-hydrogen) atoms. The molecule has 0 spiro atoms. The van der Waals surface area contributed by atoms with Gasteiger partial charge < -0.3 is 15.5 Å². The highest BCUT2D eigenvalue weighted by Gasteiger charge is 2.24. The molecule has 1 fully saturated rings. The number of amides is 2. The Hall–Kier alpha value is -2.12. The quantitative estimate of drug-likeness (QED) is 0.799. The minimum absolute atomic E-state index is 0.0983. The number of furan rings is 1. The molecule has 3 rings (SSSR count). The van der Waals surface area contributed by atoms with E-state index in [0.717, 1.165) is 30.6 Å². The van der Waals surface area contributed by atoms with Crippen molar-refractivity contribution in [2.75, 3.05) is 18.4 Å². The van der Waals surface area contributed by atoms with Gasteiger partial charge in [-0.05, 0) is 46.9 Å². The number of benzene rings is 1. The number of carbonyl (C=O) groups is 2. The van der Waals surface area contributed by atoms with E-state index in [4.69, 9.17) is 10.2 Å². The Bertz CT molecular complexity index is 774. The second-order valence-corrected chi connectivity index (χ2v) is 7.01. The summed E-state index contributed by atoms with van der Waals surface area (Å²) in [4.78, 5) is 26.0. The molecule has 1 aromatic carbocycles. The van der Waals surface area contributed by atoms with Crippen molar-refractivity contribution in [1.82, 2.24) is 4.90 Å². The molecule has 1 aliphatic heterocycles. The predicted molar refractivity (Wildman–Crippen MR) is 98.0 cm³/mol. The van der Waals surface area contributed by atoms with E-state index in [1.54, 1.807) is 6.07 Å². The van der Waals surface area contributed by atoms with E-state index >= 15 is 0 Å². The van der Waals surface area contributed by atoms with Crippen LogP contribution in [0.1, 0.15) is 28.8 Å². The van der Waals surface area contributed by atoms with Crippen LogP contribution in [0.3, 0.4) is 0 Å². The minimum Gasteiger partial charge on any atom is -0.457 e. The summed E-state index contributed by atoms with van der Waals surface area (Å²) in [6.45, 7) is 2.24. The summed E-state index contributed by atoms with van der Waals surface area (Å²) in [5.74, 6) is -0.564. The third-order valence-corrected chi connectivity index (χ3v) is 4.81. The zero-order chi connectivity index (χ0) is 17.8. The maximum atomic E-state index is 12.3. The van der Waals surface area contributed by atoms with E-state index in [2.05, 4.69) is 26.1 Å². The Labute approximate surface area is 154 Å². The number of para-hydroxylation sites is 1. The highest BCUT2D eigenvalue weighted by Crippen LogP contribution is 2.23. The number of nitrogens with one attached hydrogen (secondary N) is 1. The molecule has 1 aliphatic rings. The molecule has 3 N–H and O–H groups in total. The Balaban J connectivity index is 1.70. The zero-order valence-electron chi connectivity index (χ0n) is 13.7. The first-order valence-corrected chi connectivity index (χ1v) is 8.97. The molecule has 1 aromatic heterocycles. The topological polar surface area (TPSA) is 88.6 Å². The van der Waals surface area contributed by atoms with Crippen molar-refractivity contribution in [1.29, 1.82) is 0 Å². The van der Waals surface area contributed by atoms with Crippen molar-refractivity contribution < 1.29 is 14.0 Å². The van der Waals surface area contributed by atoms with Crippen LogP contribution in [0.4, 0.5) is 5.69 Å². The molecule has 1 unspecified atom stereocenters.